The average Bonchev–Trinajstić information content (AvgIpc) is 3.00. The number of hydrogen-bond acceptors (Lipinski definition) is 3. The molecule has 2 aromatic carbocycles. The summed E-state index contributed by atoms with van der Waals surface area (Å²) in [5.41, 5.74) is 2.19. The lowest BCUT2D eigenvalue weighted by atomic mass is 10.0. The van der Waals surface area contributed by atoms with Crippen LogP contribution in [0.25, 0.3) is 10.8 Å². The first-order valence-electron chi connectivity index (χ1n) is 7.12. The number of methoxy groups -OCH3 is 1. The highest BCUT2D eigenvalue weighted by Gasteiger charge is 2.08. The third-order valence-corrected chi connectivity index (χ3v) is 3.64. The highest BCUT2D eigenvalue weighted by Crippen LogP contribution is 2.28. The second-order valence-corrected chi connectivity index (χ2v) is 4.91. The number of benzene rings is 2. The standard InChI is InChI=1S/C17H19N3O/c1-3-20-12-14(10-19-20)18-11-16-15-7-5-4-6-13(15)8-9-17(16)21-2/h4-10,12,18H,3,11H2,1-2H3. The fourth-order valence-corrected chi connectivity index (χ4v) is 2.51. The van der Waals surface area contributed by atoms with Gasteiger partial charge in [0.2, 0.25) is 0 Å². The lowest BCUT2D eigenvalue weighted by Crippen LogP contribution is -2.02. The Hall–Kier alpha value is -2.49. The van der Waals surface area contributed by atoms with Gasteiger partial charge in [0.1, 0.15) is 5.75 Å². The van der Waals surface area contributed by atoms with Crippen LogP contribution in [-0.2, 0) is 13.1 Å². The molecule has 3 aromatic rings. The van der Waals surface area contributed by atoms with Crippen molar-refractivity contribution in [1.29, 1.82) is 0 Å². The summed E-state index contributed by atoms with van der Waals surface area (Å²) in [6.07, 6.45) is 3.86. The van der Waals surface area contributed by atoms with Crippen molar-refractivity contribution in [3.63, 3.8) is 0 Å². The Morgan fingerprint density at radius 1 is 1.19 bits per heavy atom. The third-order valence-electron chi connectivity index (χ3n) is 3.64. The number of rotatable bonds is 5. The van der Waals surface area contributed by atoms with Gasteiger partial charge in [0.15, 0.2) is 0 Å². The average molecular weight is 281 g/mol. The number of nitrogens with zero attached hydrogens (tertiary/aromatic N) is 2. The van der Waals surface area contributed by atoms with Crippen LogP contribution in [-0.4, -0.2) is 16.9 Å². The summed E-state index contributed by atoms with van der Waals surface area (Å²) in [5.74, 6) is 0.907. The summed E-state index contributed by atoms with van der Waals surface area (Å²) >= 11 is 0. The predicted octanol–water partition coefficient (Wildman–Crippen LogP) is 3.68. The molecule has 0 unspecified atom stereocenters. The van der Waals surface area contributed by atoms with Gasteiger partial charge in [-0.15, -0.1) is 0 Å². The van der Waals surface area contributed by atoms with Crippen molar-refractivity contribution < 1.29 is 4.74 Å². The topological polar surface area (TPSA) is 39.1 Å². The Morgan fingerprint density at radius 3 is 2.81 bits per heavy atom. The summed E-state index contributed by atoms with van der Waals surface area (Å²) < 4.78 is 7.41. The molecular formula is C17H19N3O. The molecule has 4 heteroatoms. The van der Waals surface area contributed by atoms with Gasteiger partial charge in [-0.2, -0.15) is 5.10 Å². The van der Waals surface area contributed by atoms with E-state index in [-0.39, 0.29) is 0 Å². The summed E-state index contributed by atoms with van der Waals surface area (Å²) in [6.45, 7) is 3.66. The van der Waals surface area contributed by atoms with Gasteiger partial charge >= 0.3 is 0 Å². The molecule has 0 fully saturated rings. The van der Waals surface area contributed by atoms with Gasteiger partial charge in [-0.25, -0.2) is 0 Å². The molecule has 0 aliphatic heterocycles. The van der Waals surface area contributed by atoms with E-state index in [0.29, 0.717) is 6.54 Å². The van der Waals surface area contributed by atoms with E-state index in [1.165, 1.54) is 16.3 Å². The van der Waals surface area contributed by atoms with E-state index in [0.717, 1.165) is 18.0 Å². The van der Waals surface area contributed by atoms with Crippen LogP contribution in [0.2, 0.25) is 0 Å². The lowest BCUT2D eigenvalue weighted by Gasteiger charge is -2.13. The number of anilines is 1. The molecule has 1 aromatic heterocycles. The van der Waals surface area contributed by atoms with E-state index in [9.17, 15) is 0 Å². The largest absolute Gasteiger partial charge is 0.496 e. The van der Waals surface area contributed by atoms with Gasteiger partial charge in [0.25, 0.3) is 0 Å². The SMILES string of the molecule is CCn1cc(NCc2c(OC)ccc3ccccc23)cn1. The van der Waals surface area contributed by atoms with Crippen molar-refractivity contribution in [3.05, 3.63) is 54.4 Å². The molecule has 3 rings (SSSR count). The molecule has 0 spiro atoms. The molecule has 0 amide bonds. The van der Waals surface area contributed by atoms with Crippen molar-refractivity contribution in [2.75, 3.05) is 12.4 Å². The van der Waals surface area contributed by atoms with Crippen LogP contribution >= 0.6 is 0 Å². The monoisotopic (exact) mass is 281 g/mol. The summed E-state index contributed by atoms with van der Waals surface area (Å²) in [7, 11) is 1.71. The Kier molecular flexibility index (Phi) is 3.77. The van der Waals surface area contributed by atoms with Crippen LogP contribution in [0.5, 0.6) is 5.75 Å². The van der Waals surface area contributed by atoms with Crippen molar-refractivity contribution in [1.82, 2.24) is 9.78 Å². The molecule has 0 radical (unpaired) electrons. The summed E-state index contributed by atoms with van der Waals surface area (Å²) in [6, 6.07) is 12.5. The maximum atomic E-state index is 5.51. The molecule has 1 heterocycles. The van der Waals surface area contributed by atoms with Crippen LogP contribution in [0, 0.1) is 0 Å². The molecule has 0 saturated heterocycles. The van der Waals surface area contributed by atoms with E-state index in [1.807, 2.05) is 23.1 Å². The second kappa shape index (κ2) is 5.87. The Labute approximate surface area is 124 Å². The molecule has 0 saturated carbocycles. The Morgan fingerprint density at radius 2 is 2.05 bits per heavy atom. The zero-order valence-corrected chi connectivity index (χ0v) is 12.3. The maximum Gasteiger partial charge on any atom is 0.124 e. The fraction of sp³-hybridized carbons (Fsp3) is 0.235. The van der Waals surface area contributed by atoms with Crippen molar-refractivity contribution in [3.8, 4) is 5.75 Å². The van der Waals surface area contributed by atoms with Gasteiger partial charge in [-0.3, -0.25) is 4.68 Å². The smallest absolute Gasteiger partial charge is 0.124 e. The minimum atomic E-state index is 0.708. The molecule has 0 aliphatic carbocycles. The van der Waals surface area contributed by atoms with Gasteiger partial charge in [0.05, 0.1) is 19.0 Å². The quantitative estimate of drug-likeness (QED) is 0.775. The van der Waals surface area contributed by atoms with Crippen LogP contribution in [0.1, 0.15) is 12.5 Å². The van der Waals surface area contributed by atoms with Crippen LogP contribution in [0.4, 0.5) is 5.69 Å². The number of aromatic nitrogens is 2. The van der Waals surface area contributed by atoms with E-state index >= 15 is 0 Å². The normalized spacial score (nSPS) is 10.8. The molecule has 0 atom stereocenters. The third kappa shape index (κ3) is 2.70. The fourth-order valence-electron chi connectivity index (χ4n) is 2.51. The summed E-state index contributed by atoms with van der Waals surface area (Å²) in [5, 5.41) is 10.1. The predicted molar refractivity (Wildman–Crippen MR) is 85.7 cm³/mol. The molecule has 0 bridgehead atoms. The van der Waals surface area contributed by atoms with Gasteiger partial charge in [-0.05, 0) is 23.8 Å². The Balaban J connectivity index is 1.91. The number of fused-ring (bicyclic) bond motifs is 1. The zero-order valence-electron chi connectivity index (χ0n) is 12.3. The van der Waals surface area contributed by atoms with Crippen LogP contribution < -0.4 is 10.1 Å². The van der Waals surface area contributed by atoms with E-state index in [4.69, 9.17) is 4.74 Å². The molecule has 21 heavy (non-hydrogen) atoms. The number of aryl methyl sites for hydroxylation is 1. The molecule has 108 valence electrons. The molecule has 4 nitrogen and oxygen atoms in total. The first-order chi connectivity index (χ1) is 10.3. The highest BCUT2D eigenvalue weighted by atomic mass is 16.5. The van der Waals surface area contributed by atoms with E-state index < -0.39 is 0 Å². The van der Waals surface area contributed by atoms with Crippen molar-refractivity contribution >= 4 is 16.5 Å². The van der Waals surface area contributed by atoms with Crippen molar-refractivity contribution in [2.45, 2.75) is 20.0 Å². The summed E-state index contributed by atoms with van der Waals surface area (Å²) in [4.78, 5) is 0. The highest BCUT2D eigenvalue weighted by molar-refractivity contribution is 5.88. The minimum absolute atomic E-state index is 0.708. The zero-order chi connectivity index (χ0) is 14.7. The number of nitrogens with one attached hydrogen (secondary N) is 1. The van der Waals surface area contributed by atoms with E-state index in [1.54, 1.807) is 7.11 Å². The second-order valence-electron chi connectivity index (χ2n) is 4.91. The molecule has 0 aliphatic rings. The van der Waals surface area contributed by atoms with E-state index in [2.05, 4.69) is 47.7 Å². The van der Waals surface area contributed by atoms with Crippen LogP contribution in [0.3, 0.4) is 0 Å². The van der Waals surface area contributed by atoms with Gasteiger partial charge in [-0.1, -0.05) is 30.3 Å². The first-order valence-corrected chi connectivity index (χ1v) is 7.12. The lowest BCUT2D eigenvalue weighted by molar-refractivity contribution is 0.411. The minimum Gasteiger partial charge on any atom is -0.496 e. The molecular weight excluding hydrogens is 262 g/mol. The number of ether oxygens (including phenoxy) is 1. The van der Waals surface area contributed by atoms with Crippen molar-refractivity contribution in [2.24, 2.45) is 0 Å². The number of hydrogen-bond donors (Lipinski definition) is 1. The first kappa shape index (κ1) is 13.5. The van der Waals surface area contributed by atoms with Gasteiger partial charge < -0.3 is 10.1 Å². The maximum absolute atomic E-state index is 5.51. The molecule has 1 N–H and O–H groups in total. The Bertz CT molecular complexity index is 749. The van der Waals surface area contributed by atoms with Gasteiger partial charge in [0, 0.05) is 24.8 Å². The van der Waals surface area contributed by atoms with Crippen LogP contribution in [0.15, 0.2) is 48.8 Å².